The minimum absolute atomic E-state index is 0.272. The summed E-state index contributed by atoms with van der Waals surface area (Å²) in [5, 5.41) is 3.72. The highest BCUT2D eigenvalue weighted by Crippen LogP contribution is 2.32. The molecule has 0 aliphatic carbocycles. The molecule has 104 valence electrons. The minimum Gasteiger partial charge on any atom is -0.316 e. The van der Waals surface area contributed by atoms with Crippen molar-refractivity contribution >= 4 is 37.6 Å². The van der Waals surface area contributed by atoms with Crippen LogP contribution in [0.25, 0.3) is 0 Å². The lowest BCUT2D eigenvalue weighted by Gasteiger charge is -2.17. The average molecular weight is 366 g/mol. The van der Waals surface area contributed by atoms with Gasteiger partial charge in [0.25, 0.3) is 0 Å². The first-order chi connectivity index (χ1) is 8.98. The second-order valence-electron chi connectivity index (χ2n) is 5.08. The lowest BCUT2D eigenvalue weighted by Crippen LogP contribution is -2.31. The van der Waals surface area contributed by atoms with Crippen molar-refractivity contribution in [2.45, 2.75) is 4.90 Å². The highest BCUT2D eigenvalue weighted by molar-refractivity contribution is 9.10. The van der Waals surface area contributed by atoms with E-state index in [0.29, 0.717) is 34.4 Å². The number of hydrogen-bond donors (Lipinski definition) is 1. The average Bonchev–Trinajstić information content (AvgIpc) is 2.93. The lowest BCUT2D eigenvalue weighted by atomic mass is 10.0. The van der Waals surface area contributed by atoms with Crippen molar-refractivity contribution in [3.05, 3.63) is 27.7 Å². The summed E-state index contributed by atoms with van der Waals surface area (Å²) in [5.74, 6) is 0.890. The Labute approximate surface area is 126 Å². The molecule has 0 radical (unpaired) electrons. The van der Waals surface area contributed by atoms with Gasteiger partial charge in [-0.1, -0.05) is 11.6 Å². The van der Waals surface area contributed by atoms with E-state index in [-0.39, 0.29) is 4.90 Å². The van der Waals surface area contributed by atoms with Crippen LogP contribution in [0.3, 0.4) is 0 Å². The number of fused-ring (bicyclic) bond motifs is 1. The maximum absolute atomic E-state index is 12.6. The second kappa shape index (κ2) is 5.00. The smallest absolute Gasteiger partial charge is 0.243 e. The summed E-state index contributed by atoms with van der Waals surface area (Å²) >= 11 is 9.25. The summed E-state index contributed by atoms with van der Waals surface area (Å²) in [4.78, 5) is 0.272. The van der Waals surface area contributed by atoms with Gasteiger partial charge < -0.3 is 5.32 Å². The van der Waals surface area contributed by atoms with E-state index < -0.39 is 10.0 Å². The van der Waals surface area contributed by atoms with Crippen LogP contribution in [-0.2, 0) is 10.0 Å². The predicted octanol–water partition coefficient (Wildman–Crippen LogP) is 1.94. The van der Waals surface area contributed by atoms with Crippen LogP contribution < -0.4 is 5.32 Å². The molecule has 3 rings (SSSR count). The van der Waals surface area contributed by atoms with Crippen molar-refractivity contribution in [3.8, 4) is 0 Å². The van der Waals surface area contributed by atoms with Gasteiger partial charge in [-0.2, -0.15) is 4.31 Å². The molecule has 0 saturated carbocycles. The van der Waals surface area contributed by atoms with E-state index >= 15 is 0 Å². The van der Waals surface area contributed by atoms with Crippen LogP contribution in [0, 0.1) is 11.8 Å². The highest BCUT2D eigenvalue weighted by atomic mass is 79.9. The largest absolute Gasteiger partial charge is 0.316 e. The fourth-order valence-electron chi connectivity index (χ4n) is 2.79. The Balaban J connectivity index is 1.88. The molecule has 0 aromatic heterocycles. The molecule has 0 bridgehead atoms. The summed E-state index contributed by atoms with van der Waals surface area (Å²) in [5.41, 5.74) is 0. The Kier molecular flexibility index (Phi) is 3.64. The summed E-state index contributed by atoms with van der Waals surface area (Å²) in [6.07, 6.45) is 0. The number of nitrogens with one attached hydrogen (secondary N) is 1. The molecule has 7 heteroatoms. The van der Waals surface area contributed by atoms with Gasteiger partial charge in [0.2, 0.25) is 10.0 Å². The molecule has 0 unspecified atom stereocenters. The van der Waals surface area contributed by atoms with E-state index in [1.54, 1.807) is 16.4 Å². The van der Waals surface area contributed by atoms with E-state index in [9.17, 15) is 8.42 Å². The molecule has 2 fully saturated rings. The maximum atomic E-state index is 12.6. The summed E-state index contributed by atoms with van der Waals surface area (Å²) in [6.45, 7) is 3.04. The zero-order valence-corrected chi connectivity index (χ0v) is 13.3. The van der Waals surface area contributed by atoms with Crippen LogP contribution in [0.4, 0.5) is 0 Å². The number of rotatable bonds is 2. The van der Waals surface area contributed by atoms with E-state index in [0.717, 1.165) is 13.1 Å². The summed E-state index contributed by atoms with van der Waals surface area (Å²) in [7, 11) is -3.42. The van der Waals surface area contributed by atoms with Crippen LogP contribution >= 0.6 is 27.5 Å². The zero-order chi connectivity index (χ0) is 13.6. The number of halogens is 2. The first-order valence-electron chi connectivity index (χ1n) is 6.14. The third kappa shape index (κ3) is 2.45. The van der Waals surface area contributed by atoms with Crippen LogP contribution in [0.15, 0.2) is 27.6 Å². The zero-order valence-electron chi connectivity index (χ0n) is 10.1. The first-order valence-corrected chi connectivity index (χ1v) is 8.75. The van der Waals surface area contributed by atoms with E-state index in [1.165, 1.54) is 6.07 Å². The molecule has 1 aromatic carbocycles. The lowest BCUT2D eigenvalue weighted by molar-refractivity contribution is 0.448. The highest BCUT2D eigenvalue weighted by Gasteiger charge is 2.41. The van der Waals surface area contributed by atoms with E-state index in [4.69, 9.17) is 11.6 Å². The number of hydrogen-bond acceptors (Lipinski definition) is 3. The fourth-order valence-corrected chi connectivity index (χ4v) is 4.87. The predicted molar refractivity (Wildman–Crippen MR) is 77.8 cm³/mol. The quantitative estimate of drug-likeness (QED) is 0.871. The van der Waals surface area contributed by atoms with Crippen molar-refractivity contribution in [1.82, 2.24) is 9.62 Å². The van der Waals surface area contributed by atoms with Gasteiger partial charge in [-0.15, -0.1) is 0 Å². The molecule has 0 amide bonds. The molecule has 2 aliphatic rings. The molecule has 2 heterocycles. The van der Waals surface area contributed by atoms with E-state index in [1.807, 2.05) is 0 Å². The van der Waals surface area contributed by atoms with Gasteiger partial charge in [-0.05, 0) is 59.1 Å². The normalized spacial score (nSPS) is 27.7. The van der Waals surface area contributed by atoms with Gasteiger partial charge in [0.05, 0.1) is 9.92 Å². The molecule has 2 saturated heterocycles. The SMILES string of the molecule is O=S(=O)(c1ccc(Br)c(Cl)c1)N1C[C@H]2CNC[C@H]2C1. The van der Waals surface area contributed by atoms with Gasteiger partial charge in [0.1, 0.15) is 0 Å². The maximum Gasteiger partial charge on any atom is 0.243 e. The Morgan fingerprint density at radius 3 is 2.47 bits per heavy atom. The van der Waals surface area contributed by atoms with Crippen LogP contribution in [-0.4, -0.2) is 38.9 Å². The molecule has 1 N–H and O–H groups in total. The third-order valence-electron chi connectivity index (χ3n) is 3.88. The minimum atomic E-state index is -3.42. The van der Waals surface area contributed by atoms with Crippen molar-refractivity contribution in [2.24, 2.45) is 11.8 Å². The van der Waals surface area contributed by atoms with Crippen LogP contribution in [0.2, 0.25) is 5.02 Å². The molecular weight excluding hydrogens is 352 g/mol. The number of nitrogens with zero attached hydrogens (tertiary/aromatic N) is 1. The summed E-state index contributed by atoms with van der Waals surface area (Å²) < 4.78 is 27.4. The second-order valence-corrected chi connectivity index (χ2v) is 8.28. The molecule has 0 spiro atoms. The fraction of sp³-hybridized carbons (Fsp3) is 0.500. The molecule has 19 heavy (non-hydrogen) atoms. The van der Waals surface area contributed by atoms with Crippen LogP contribution in [0.5, 0.6) is 0 Å². The Morgan fingerprint density at radius 2 is 1.89 bits per heavy atom. The monoisotopic (exact) mass is 364 g/mol. The van der Waals surface area contributed by atoms with E-state index in [2.05, 4.69) is 21.2 Å². The molecular formula is C12H14BrClN2O2S. The molecule has 2 aliphatic heterocycles. The number of benzene rings is 1. The van der Waals surface area contributed by atoms with Gasteiger partial charge >= 0.3 is 0 Å². The first kappa shape index (κ1) is 13.8. The van der Waals surface area contributed by atoms with Gasteiger partial charge in [-0.25, -0.2) is 8.42 Å². The molecule has 4 nitrogen and oxygen atoms in total. The third-order valence-corrected chi connectivity index (χ3v) is 6.94. The molecule has 1 aromatic rings. The summed E-state index contributed by atoms with van der Waals surface area (Å²) in [6, 6.07) is 4.78. The Hall–Kier alpha value is -0.140. The topological polar surface area (TPSA) is 49.4 Å². The number of sulfonamides is 1. The van der Waals surface area contributed by atoms with Crippen molar-refractivity contribution in [1.29, 1.82) is 0 Å². The molecule has 2 atom stereocenters. The van der Waals surface area contributed by atoms with Gasteiger partial charge in [0.15, 0.2) is 0 Å². The van der Waals surface area contributed by atoms with Crippen molar-refractivity contribution in [2.75, 3.05) is 26.2 Å². The van der Waals surface area contributed by atoms with Crippen LogP contribution in [0.1, 0.15) is 0 Å². The van der Waals surface area contributed by atoms with Gasteiger partial charge in [-0.3, -0.25) is 0 Å². The Morgan fingerprint density at radius 1 is 1.26 bits per heavy atom. The van der Waals surface area contributed by atoms with Crippen molar-refractivity contribution < 1.29 is 8.42 Å². The van der Waals surface area contributed by atoms with Crippen molar-refractivity contribution in [3.63, 3.8) is 0 Å². The Bertz CT molecular complexity index is 596. The van der Waals surface area contributed by atoms with Gasteiger partial charge in [0, 0.05) is 17.6 Å². The standard InChI is InChI=1S/C12H14BrClN2O2S/c13-11-2-1-10(3-12(11)14)19(17,18)16-6-8-4-15-5-9(8)7-16/h1-3,8-9,15H,4-7H2/t8-,9+.